The second-order valence-electron chi connectivity index (χ2n) is 6.35. The molecule has 0 spiro atoms. The molecule has 8 heteroatoms. The molecule has 152 valence electrons. The number of nitrogens with one attached hydrogen (secondary N) is 1. The second-order valence-corrected chi connectivity index (χ2v) is 6.78. The minimum atomic E-state index is -0.447. The summed E-state index contributed by atoms with van der Waals surface area (Å²) in [7, 11) is 0. The summed E-state index contributed by atoms with van der Waals surface area (Å²) in [6.45, 7) is 0.242. The van der Waals surface area contributed by atoms with Gasteiger partial charge < -0.3 is 4.74 Å². The quantitative estimate of drug-likeness (QED) is 0.327. The fraction of sp³-hybridized carbons (Fsp3) is 0.0909. The number of carbonyl (C=O) groups is 1. The number of nitro benzene ring substituents is 1. The van der Waals surface area contributed by atoms with Crippen molar-refractivity contribution in [3.05, 3.63) is 105 Å². The van der Waals surface area contributed by atoms with Gasteiger partial charge in [0.25, 0.3) is 5.69 Å². The van der Waals surface area contributed by atoms with E-state index in [0.29, 0.717) is 16.3 Å². The molecule has 0 heterocycles. The van der Waals surface area contributed by atoms with E-state index in [1.165, 1.54) is 18.3 Å². The molecule has 0 bridgehead atoms. The van der Waals surface area contributed by atoms with E-state index < -0.39 is 4.92 Å². The number of hydrogen-bond acceptors (Lipinski definition) is 5. The maximum Gasteiger partial charge on any atom is 0.269 e. The Kier molecular flexibility index (Phi) is 7.13. The zero-order valence-electron chi connectivity index (χ0n) is 15.8. The van der Waals surface area contributed by atoms with Crippen molar-refractivity contribution in [2.75, 3.05) is 0 Å². The van der Waals surface area contributed by atoms with Crippen LogP contribution in [0.3, 0.4) is 0 Å². The van der Waals surface area contributed by atoms with Crippen LogP contribution in [0.4, 0.5) is 5.69 Å². The first-order valence-corrected chi connectivity index (χ1v) is 9.40. The first-order chi connectivity index (χ1) is 14.5. The molecule has 0 aliphatic heterocycles. The molecule has 0 radical (unpaired) electrons. The SMILES string of the molecule is O=C(Cc1ccc(Cl)cc1)N/N=C\c1ccccc1OCc1ccc([N+](=O)[O-])cc1. The van der Waals surface area contributed by atoms with Crippen molar-refractivity contribution in [2.24, 2.45) is 5.10 Å². The van der Waals surface area contributed by atoms with Gasteiger partial charge in [-0.2, -0.15) is 5.10 Å². The smallest absolute Gasteiger partial charge is 0.269 e. The Morgan fingerprint density at radius 1 is 1.03 bits per heavy atom. The molecule has 3 rings (SSSR count). The third-order valence-corrected chi connectivity index (χ3v) is 4.38. The average molecular weight is 424 g/mol. The Morgan fingerprint density at radius 2 is 1.70 bits per heavy atom. The number of ether oxygens (including phenoxy) is 1. The molecule has 0 fully saturated rings. The van der Waals surface area contributed by atoms with Crippen LogP contribution in [0.25, 0.3) is 0 Å². The van der Waals surface area contributed by atoms with Crippen LogP contribution in [0.15, 0.2) is 77.9 Å². The van der Waals surface area contributed by atoms with E-state index in [2.05, 4.69) is 10.5 Å². The van der Waals surface area contributed by atoms with Crippen LogP contribution in [0, 0.1) is 10.1 Å². The summed E-state index contributed by atoms with van der Waals surface area (Å²) in [5.41, 5.74) is 4.83. The molecule has 0 atom stereocenters. The molecule has 0 saturated heterocycles. The van der Waals surface area contributed by atoms with Gasteiger partial charge in [-0.3, -0.25) is 14.9 Å². The summed E-state index contributed by atoms with van der Waals surface area (Å²) >= 11 is 5.84. The molecular formula is C22H18ClN3O4. The number of amides is 1. The molecular weight excluding hydrogens is 406 g/mol. The van der Waals surface area contributed by atoms with Crippen molar-refractivity contribution in [3.63, 3.8) is 0 Å². The standard InChI is InChI=1S/C22H18ClN3O4/c23-19-9-5-16(6-10-19)13-22(27)25-24-14-18-3-1-2-4-21(18)30-15-17-7-11-20(12-8-17)26(28)29/h1-12,14H,13,15H2,(H,25,27)/b24-14-. The summed E-state index contributed by atoms with van der Waals surface area (Å²) in [5.74, 6) is 0.324. The Hall–Kier alpha value is -3.71. The van der Waals surface area contributed by atoms with Crippen molar-refractivity contribution in [1.29, 1.82) is 0 Å². The minimum absolute atomic E-state index is 0.0284. The van der Waals surface area contributed by atoms with Crippen molar-refractivity contribution in [3.8, 4) is 5.75 Å². The van der Waals surface area contributed by atoms with Crippen molar-refractivity contribution < 1.29 is 14.5 Å². The van der Waals surface area contributed by atoms with E-state index in [0.717, 1.165) is 11.1 Å². The molecule has 0 aliphatic rings. The van der Waals surface area contributed by atoms with Crippen LogP contribution in [-0.2, 0) is 17.8 Å². The van der Waals surface area contributed by atoms with Crippen LogP contribution in [0.1, 0.15) is 16.7 Å². The maximum absolute atomic E-state index is 12.0. The van der Waals surface area contributed by atoms with Gasteiger partial charge in [-0.15, -0.1) is 0 Å². The van der Waals surface area contributed by atoms with Gasteiger partial charge in [-0.25, -0.2) is 5.43 Å². The van der Waals surface area contributed by atoms with Crippen molar-refractivity contribution >= 4 is 29.4 Å². The number of hydrogen-bond donors (Lipinski definition) is 1. The number of halogens is 1. The summed E-state index contributed by atoms with van der Waals surface area (Å²) < 4.78 is 5.80. The van der Waals surface area contributed by atoms with Crippen LogP contribution in [0.5, 0.6) is 5.75 Å². The van der Waals surface area contributed by atoms with Gasteiger partial charge in [-0.05, 0) is 47.5 Å². The van der Waals surface area contributed by atoms with E-state index >= 15 is 0 Å². The topological polar surface area (TPSA) is 93.8 Å². The Labute approximate surface area is 178 Å². The number of para-hydroxylation sites is 1. The van der Waals surface area contributed by atoms with Crippen molar-refractivity contribution in [2.45, 2.75) is 13.0 Å². The molecule has 1 amide bonds. The van der Waals surface area contributed by atoms with E-state index in [1.807, 2.05) is 12.1 Å². The molecule has 3 aromatic rings. The Balaban J connectivity index is 1.57. The lowest BCUT2D eigenvalue weighted by Gasteiger charge is -2.09. The fourth-order valence-electron chi connectivity index (χ4n) is 2.59. The highest BCUT2D eigenvalue weighted by atomic mass is 35.5. The lowest BCUT2D eigenvalue weighted by atomic mass is 10.1. The van der Waals surface area contributed by atoms with E-state index in [-0.39, 0.29) is 24.6 Å². The van der Waals surface area contributed by atoms with Gasteiger partial charge in [0, 0.05) is 22.7 Å². The summed E-state index contributed by atoms with van der Waals surface area (Å²) in [6.07, 6.45) is 1.69. The molecule has 1 N–H and O–H groups in total. The van der Waals surface area contributed by atoms with E-state index in [9.17, 15) is 14.9 Å². The van der Waals surface area contributed by atoms with E-state index in [1.54, 1.807) is 48.5 Å². The summed E-state index contributed by atoms with van der Waals surface area (Å²) in [6, 6.07) is 20.4. The number of nitro groups is 1. The first-order valence-electron chi connectivity index (χ1n) is 9.03. The van der Waals surface area contributed by atoms with Gasteiger partial charge in [0.05, 0.1) is 17.6 Å². The zero-order chi connectivity index (χ0) is 21.3. The van der Waals surface area contributed by atoms with Gasteiger partial charge in [0.15, 0.2) is 0 Å². The summed E-state index contributed by atoms with van der Waals surface area (Å²) in [5, 5.41) is 15.3. The predicted octanol–water partition coefficient (Wildman–Crippen LogP) is 4.52. The van der Waals surface area contributed by atoms with Gasteiger partial charge in [0.1, 0.15) is 12.4 Å². The molecule has 0 saturated carbocycles. The zero-order valence-corrected chi connectivity index (χ0v) is 16.6. The number of carbonyl (C=O) groups excluding carboxylic acids is 1. The second kappa shape index (κ2) is 10.2. The van der Waals surface area contributed by atoms with Gasteiger partial charge in [0.2, 0.25) is 5.91 Å². The molecule has 30 heavy (non-hydrogen) atoms. The monoisotopic (exact) mass is 423 g/mol. The fourth-order valence-corrected chi connectivity index (χ4v) is 2.72. The van der Waals surface area contributed by atoms with Crippen LogP contribution in [0.2, 0.25) is 5.02 Å². The highest BCUT2D eigenvalue weighted by Crippen LogP contribution is 2.19. The van der Waals surface area contributed by atoms with Gasteiger partial charge in [-0.1, -0.05) is 35.9 Å². The van der Waals surface area contributed by atoms with Crippen molar-refractivity contribution in [1.82, 2.24) is 5.43 Å². The normalized spacial score (nSPS) is 10.7. The molecule has 0 aliphatic carbocycles. The Bertz CT molecular complexity index is 1050. The predicted molar refractivity (Wildman–Crippen MR) is 115 cm³/mol. The Morgan fingerprint density at radius 3 is 2.40 bits per heavy atom. The number of rotatable bonds is 8. The first kappa shape index (κ1) is 21.0. The third-order valence-electron chi connectivity index (χ3n) is 4.13. The maximum atomic E-state index is 12.0. The van der Waals surface area contributed by atoms with Crippen LogP contribution < -0.4 is 10.2 Å². The largest absolute Gasteiger partial charge is 0.488 e. The molecule has 0 aromatic heterocycles. The number of benzene rings is 3. The van der Waals surface area contributed by atoms with Crippen LogP contribution >= 0.6 is 11.6 Å². The highest BCUT2D eigenvalue weighted by Gasteiger charge is 2.06. The molecule has 7 nitrogen and oxygen atoms in total. The highest BCUT2D eigenvalue weighted by molar-refractivity contribution is 6.30. The molecule has 3 aromatic carbocycles. The van der Waals surface area contributed by atoms with E-state index in [4.69, 9.17) is 16.3 Å². The third kappa shape index (κ3) is 6.15. The number of nitrogens with zero attached hydrogens (tertiary/aromatic N) is 2. The minimum Gasteiger partial charge on any atom is -0.488 e. The lowest BCUT2D eigenvalue weighted by molar-refractivity contribution is -0.384. The number of non-ortho nitro benzene ring substituents is 1. The lowest BCUT2D eigenvalue weighted by Crippen LogP contribution is -2.19. The van der Waals surface area contributed by atoms with Gasteiger partial charge >= 0.3 is 0 Å². The number of hydrazone groups is 1. The summed E-state index contributed by atoms with van der Waals surface area (Å²) in [4.78, 5) is 22.3. The van der Waals surface area contributed by atoms with Crippen LogP contribution in [-0.4, -0.2) is 17.0 Å². The molecule has 0 unspecified atom stereocenters. The average Bonchev–Trinajstić information content (AvgIpc) is 2.75.